The maximum absolute atomic E-state index is 12.7. The van der Waals surface area contributed by atoms with Crippen molar-refractivity contribution in [2.45, 2.75) is 39.7 Å². The minimum Gasteiger partial charge on any atom is -0.492 e. The number of amides is 1. The van der Waals surface area contributed by atoms with Gasteiger partial charge < -0.3 is 29.0 Å². The summed E-state index contributed by atoms with van der Waals surface area (Å²) < 4.78 is 58.0. The van der Waals surface area contributed by atoms with E-state index in [9.17, 15) is 27.9 Å². The normalized spacial score (nSPS) is 12.2. The number of benzene rings is 2. The molecule has 1 unspecified atom stereocenters. The number of carboxylic acid groups (broad SMARTS) is 1. The Hall–Kier alpha value is -3.47. The first-order valence-electron chi connectivity index (χ1n) is 11.4. The molecule has 1 amide bonds. The molecule has 0 saturated carbocycles. The quantitative estimate of drug-likeness (QED) is 0.396. The number of rotatable bonds is 13. The van der Waals surface area contributed by atoms with Gasteiger partial charge in [0.15, 0.2) is 17.6 Å². The Morgan fingerprint density at radius 1 is 1.03 bits per heavy atom. The number of carboxylic acids is 1. The molecule has 1 N–H and O–H groups in total. The van der Waals surface area contributed by atoms with Gasteiger partial charge in [0, 0.05) is 19.6 Å². The molecule has 2 rings (SSSR count). The molecule has 0 aliphatic heterocycles. The lowest BCUT2D eigenvalue weighted by atomic mass is 10.1. The zero-order valence-electron chi connectivity index (χ0n) is 20.3. The highest BCUT2D eigenvalue weighted by atomic mass is 19.4. The summed E-state index contributed by atoms with van der Waals surface area (Å²) in [6, 6.07) is 11.8. The number of halogens is 3. The maximum atomic E-state index is 12.7. The zero-order chi connectivity index (χ0) is 26.7. The summed E-state index contributed by atoms with van der Waals surface area (Å²) in [5.41, 5.74) is 0.757. The van der Waals surface area contributed by atoms with Crippen molar-refractivity contribution >= 4 is 12.1 Å². The molecule has 0 spiro atoms. The Kier molecular flexibility index (Phi) is 10.8. The van der Waals surface area contributed by atoms with E-state index >= 15 is 0 Å². The fourth-order valence-corrected chi connectivity index (χ4v) is 3.23. The second kappa shape index (κ2) is 13.6. The third-order valence-corrected chi connectivity index (χ3v) is 4.73. The molecular formula is C25H30F3NO7. The van der Waals surface area contributed by atoms with Gasteiger partial charge in [0.1, 0.15) is 12.4 Å². The standard InChI is InChI=1S/C25H30F3NO7/c1-4-33-22(23(30)31)15-18-9-11-19(12-10-18)34-14-13-29(16-17(2)3)24(32)35-20-7-5-6-8-21(20)36-25(26,27)28/h5-12,17,22H,4,13-16H2,1-3H3,(H,30,31). The largest absolute Gasteiger partial charge is 0.573 e. The number of carbonyl (C=O) groups excluding carboxylic acids is 1. The van der Waals surface area contributed by atoms with Gasteiger partial charge in [0.2, 0.25) is 0 Å². The van der Waals surface area contributed by atoms with Gasteiger partial charge in [-0.25, -0.2) is 9.59 Å². The molecule has 0 aromatic heterocycles. The van der Waals surface area contributed by atoms with Crippen LogP contribution in [0.5, 0.6) is 17.2 Å². The Labute approximate surface area is 207 Å². The van der Waals surface area contributed by atoms with Crippen molar-refractivity contribution in [3.63, 3.8) is 0 Å². The summed E-state index contributed by atoms with van der Waals surface area (Å²) in [6.07, 6.45) is -6.50. The predicted molar refractivity (Wildman–Crippen MR) is 124 cm³/mol. The van der Waals surface area contributed by atoms with Crippen molar-refractivity contribution in [1.29, 1.82) is 0 Å². The van der Waals surface area contributed by atoms with Gasteiger partial charge in [-0.3, -0.25) is 0 Å². The van der Waals surface area contributed by atoms with Crippen LogP contribution in [0, 0.1) is 5.92 Å². The number of para-hydroxylation sites is 2. The minimum atomic E-state index is -4.93. The van der Waals surface area contributed by atoms with Crippen molar-refractivity contribution in [2.75, 3.05) is 26.3 Å². The van der Waals surface area contributed by atoms with Crippen LogP contribution in [0.15, 0.2) is 48.5 Å². The number of hydrogen-bond acceptors (Lipinski definition) is 6. The van der Waals surface area contributed by atoms with Crippen LogP contribution in [-0.4, -0.2) is 60.8 Å². The topological polar surface area (TPSA) is 94.5 Å². The van der Waals surface area contributed by atoms with Crippen molar-refractivity contribution in [2.24, 2.45) is 5.92 Å². The van der Waals surface area contributed by atoms with Gasteiger partial charge in [0.05, 0.1) is 6.54 Å². The first-order valence-corrected chi connectivity index (χ1v) is 11.4. The summed E-state index contributed by atoms with van der Waals surface area (Å²) in [7, 11) is 0. The molecule has 0 heterocycles. The molecule has 0 bridgehead atoms. The molecule has 198 valence electrons. The Morgan fingerprint density at radius 2 is 1.67 bits per heavy atom. The average molecular weight is 514 g/mol. The number of aliphatic carboxylic acids is 1. The lowest BCUT2D eigenvalue weighted by Gasteiger charge is -2.24. The molecule has 2 aromatic carbocycles. The third-order valence-electron chi connectivity index (χ3n) is 4.73. The summed E-state index contributed by atoms with van der Waals surface area (Å²) in [5, 5.41) is 9.20. The molecule has 11 heteroatoms. The number of hydrogen-bond donors (Lipinski definition) is 1. The lowest BCUT2D eigenvalue weighted by molar-refractivity contribution is -0.275. The van der Waals surface area contributed by atoms with E-state index in [2.05, 4.69) is 4.74 Å². The molecule has 0 radical (unpaired) electrons. The second-order valence-corrected chi connectivity index (χ2v) is 8.18. The minimum absolute atomic E-state index is 0.0611. The third kappa shape index (κ3) is 10.0. The van der Waals surface area contributed by atoms with E-state index in [-0.39, 0.29) is 44.4 Å². The zero-order valence-corrected chi connectivity index (χ0v) is 20.3. The second-order valence-electron chi connectivity index (χ2n) is 8.18. The monoisotopic (exact) mass is 513 g/mol. The van der Waals surface area contributed by atoms with E-state index in [1.165, 1.54) is 23.1 Å². The number of alkyl halides is 3. The summed E-state index contributed by atoms with van der Waals surface area (Å²) >= 11 is 0. The molecule has 0 aliphatic rings. The van der Waals surface area contributed by atoms with Crippen LogP contribution in [0.2, 0.25) is 0 Å². The van der Waals surface area contributed by atoms with Gasteiger partial charge in [-0.1, -0.05) is 38.1 Å². The van der Waals surface area contributed by atoms with Crippen molar-refractivity contribution in [3.8, 4) is 17.2 Å². The first kappa shape index (κ1) is 28.8. The molecule has 36 heavy (non-hydrogen) atoms. The fraction of sp³-hybridized carbons (Fsp3) is 0.440. The van der Waals surface area contributed by atoms with Crippen LogP contribution in [0.3, 0.4) is 0 Å². The Balaban J connectivity index is 1.97. The molecule has 0 aliphatic carbocycles. The summed E-state index contributed by atoms with van der Waals surface area (Å²) in [5.74, 6) is -1.44. The number of ether oxygens (including phenoxy) is 4. The van der Waals surface area contributed by atoms with E-state index < -0.39 is 30.3 Å². The van der Waals surface area contributed by atoms with Crippen LogP contribution in [0.25, 0.3) is 0 Å². The van der Waals surface area contributed by atoms with Gasteiger partial charge in [-0.05, 0) is 42.7 Å². The van der Waals surface area contributed by atoms with E-state index in [0.717, 1.165) is 11.6 Å². The number of nitrogens with zero attached hydrogens (tertiary/aromatic N) is 1. The average Bonchev–Trinajstić information content (AvgIpc) is 2.79. The molecular weight excluding hydrogens is 483 g/mol. The van der Waals surface area contributed by atoms with Crippen molar-refractivity contribution in [3.05, 3.63) is 54.1 Å². The van der Waals surface area contributed by atoms with E-state index in [1.54, 1.807) is 31.2 Å². The van der Waals surface area contributed by atoms with Gasteiger partial charge in [0.25, 0.3) is 0 Å². The van der Waals surface area contributed by atoms with Crippen molar-refractivity contribution < 1.29 is 46.8 Å². The first-order chi connectivity index (χ1) is 17.0. The Morgan fingerprint density at radius 3 is 2.22 bits per heavy atom. The highest BCUT2D eigenvalue weighted by molar-refractivity contribution is 5.73. The van der Waals surface area contributed by atoms with Gasteiger partial charge >= 0.3 is 18.4 Å². The van der Waals surface area contributed by atoms with E-state index in [0.29, 0.717) is 5.75 Å². The Bertz CT molecular complexity index is 980. The summed E-state index contributed by atoms with van der Waals surface area (Å²) in [4.78, 5) is 25.3. The van der Waals surface area contributed by atoms with Crippen LogP contribution in [-0.2, 0) is 16.0 Å². The van der Waals surface area contributed by atoms with E-state index in [4.69, 9.17) is 14.2 Å². The number of carbonyl (C=O) groups is 2. The molecule has 0 saturated heterocycles. The molecule has 0 fully saturated rings. The maximum Gasteiger partial charge on any atom is 0.573 e. The molecule has 2 aromatic rings. The van der Waals surface area contributed by atoms with Crippen LogP contribution < -0.4 is 14.2 Å². The summed E-state index contributed by atoms with van der Waals surface area (Å²) in [6.45, 7) is 6.28. The molecule has 8 nitrogen and oxygen atoms in total. The smallest absolute Gasteiger partial charge is 0.492 e. The predicted octanol–water partition coefficient (Wildman–Crippen LogP) is 5.15. The van der Waals surface area contributed by atoms with Gasteiger partial charge in [-0.15, -0.1) is 13.2 Å². The van der Waals surface area contributed by atoms with E-state index in [1.807, 2.05) is 13.8 Å². The van der Waals surface area contributed by atoms with Gasteiger partial charge in [-0.2, -0.15) is 0 Å². The fourth-order valence-electron chi connectivity index (χ4n) is 3.23. The SMILES string of the molecule is CCOC(Cc1ccc(OCCN(CC(C)C)C(=O)Oc2ccccc2OC(F)(F)F)cc1)C(=O)O. The lowest BCUT2D eigenvalue weighted by Crippen LogP contribution is -2.39. The van der Waals surface area contributed by atoms with Crippen LogP contribution in [0.4, 0.5) is 18.0 Å². The molecule has 1 atom stereocenters. The highest BCUT2D eigenvalue weighted by Crippen LogP contribution is 2.32. The highest BCUT2D eigenvalue weighted by Gasteiger charge is 2.33. The van der Waals surface area contributed by atoms with Crippen molar-refractivity contribution in [1.82, 2.24) is 4.90 Å². The van der Waals surface area contributed by atoms with Crippen LogP contribution in [0.1, 0.15) is 26.3 Å². The van der Waals surface area contributed by atoms with Crippen LogP contribution >= 0.6 is 0 Å².